The zero-order valence-electron chi connectivity index (χ0n) is 18.9. The Hall–Kier alpha value is -0.690. The van der Waals surface area contributed by atoms with Crippen LogP contribution in [0.25, 0.3) is 0 Å². The summed E-state index contributed by atoms with van der Waals surface area (Å²) >= 11 is 0. The molecule has 0 fully saturated rings. The lowest BCUT2D eigenvalue weighted by atomic mass is 10.0. The second-order valence-electron chi connectivity index (χ2n) is 8.09. The van der Waals surface area contributed by atoms with E-state index < -0.39 is 18.0 Å². The van der Waals surface area contributed by atoms with Gasteiger partial charge < -0.3 is 25.5 Å². The van der Waals surface area contributed by atoms with E-state index in [1.54, 1.807) is 6.92 Å². The molecule has 0 aliphatic heterocycles. The summed E-state index contributed by atoms with van der Waals surface area (Å²) in [6, 6.07) is 0. The van der Waals surface area contributed by atoms with E-state index in [9.17, 15) is 4.79 Å². The largest absolute Gasteiger partial charge is 0.481 e. The van der Waals surface area contributed by atoms with E-state index in [0.29, 0.717) is 12.8 Å². The van der Waals surface area contributed by atoms with Crippen LogP contribution in [0, 0.1) is 0 Å². The van der Waals surface area contributed by atoms with Gasteiger partial charge >= 0.3 is 11.9 Å². The molecule has 6 nitrogen and oxygen atoms in total. The zero-order valence-corrected chi connectivity index (χ0v) is 18.9. The summed E-state index contributed by atoms with van der Waals surface area (Å²) in [5.74, 6) is -3.59. The van der Waals surface area contributed by atoms with Crippen LogP contribution in [0.3, 0.4) is 0 Å². The first kappa shape index (κ1) is 30.5. The molecule has 0 saturated carbocycles. The average molecular weight is 421 g/mol. The summed E-state index contributed by atoms with van der Waals surface area (Å²) in [6.07, 6.45) is 19.5. The van der Waals surface area contributed by atoms with Crippen LogP contribution in [0.5, 0.6) is 0 Å². The van der Waals surface area contributed by atoms with Crippen molar-refractivity contribution in [3.63, 3.8) is 0 Å². The number of carbonyl (C=O) groups is 1. The van der Waals surface area contributed by atoms with E-state index in [1.807, 2.05) is 0 Å². The van der Waals surface area contributed by atoms with Gasteiger partial charge in [-0.3, -0.25) is 4.79 Å². The van der Waals surface area contributed by atoms with E-state index in [0.717, 1.165) is 12.8 Å². The molecule has 6 heteroatoms. The smallest absolute Gasteiger partial charge is 0.303 e. The number of hydrogen-bond acceptors (Lipinski definition) is 5. The third-order valence-electron chi connectivity index (χ3n) is 5.00. The van der Waals surface area contributed by atoms with Crippen molar-refractivity contribution < 1.29 is 30.3 Å². The second-order valence-corrected chi connectivity index (χ2v) is 8.09. The molecule has 0 saturated heterocycles. The Labute approximate surface area is 178 Å². The Kier molecular flexibility index (Phi) is 23.1. The topological polar surface area (TPSA) is 118 Å². The van der Waals surface area contributed by atoms with Crippen molar-refractivity contribution in [2.75, 3.05) is 0 Å². The Morgan fingerprint density at radius 3 is 1.24 bits per heavy atom. The molecule has 0 aliphatic carbocycles. The minimum Gasteiger partial charge on any atom is -0.481 e. The number of aliphatic hydroxyl groups excluding tert-OH is 1. The number of unbranched alkanes of at least 4 members (excludes halogenated alkanes) is 14. The van der Waals surface area contributed by atoms with Gasteiger partial charge in [0.05, 0.1) is 0 Å². The van der Waals surface area contributed by atoms with E-state index in [2.05, 4.69) is 6.92 Å². The molecule has 0 heterocycles. The maximum atomic E-state index is 10.3. The van der Waals surface area contributed by atoms with Crippen molar-refractivity contribution in [3.8, 4) is 0 Å². The molecular formula is C23H48O6. The summed E-state index contributed by atoms with van der Waals surface area (Å²) < 4.78 is 0. The molecular weight excluding hydrogens is 372 g/mol. The summed E-state index contributed by atoms with van der Waals surface area (Å²) in [4.78, 5) is 10.3. The molecule has 0 radical (unpaired) electrons. The number of rotatable bonds is 19. The zero-order chi connectivity index (χ0) is 22.4. The molecule has 1 unspecified atom stereocenters. The van der Waals surface area contributed by atoms with Gasteiger partial charge in [-0.1, -0.05) is 110 Å². The fourth-order valence-electron chi connectivity index (χ4n) is 3.11. The lowest BCUT2D eigenvalue weighted by molar-refractivity contribution is -0.355. The van der Waals surface area contributed by atoms with Crippen LogP contribution in [0.4, 0.5) is 0 Å². The third kappa shape index (κ3) is 27.3. The number of hydrogen-bond donors (Lipinski definition) is 5. The number of aliphatic carboxylic acids is 1. The number of carboxylic acids is 1. The number of aliphatic hydroxyl groups is 4. The van der Waals surface area contributed by atoms with Crippen molar-refractivity contribution in [1.82, 2.24) is 0 Å². The molecule has 0 bridgehead atoms. The van der Waals surface area contributed by atoms with Crippen LogP contribution < -0.4 is 0 Å². The highest BCUT2D eigenvalue weighted by atomic mass is 16.7. The highest BCUT2D eigenvalue weighted by Crippen LogP contribution is 2.13. The molecule has 1 atom stereocenters. The van der Waals surface area contributed by atoms with E-state index in [-0.39, 0.29) is 6.42 Å². The fraction of sp³-hybridized carbons (Fsp3) is 0.957. The minimum absolute atomic E-state index is 0.170. The SMILES string of the molecule is CCCC(O)C(O)(O)O.CCCCCCCCCCCCCCCCCC(=O)O. The molecule has 0 aromatic carbocycles. The maximum Gasteiger partial charge on any atom is 0.303 e. The van der Waals surface area contributed by atoms with Crippen molar-refractivity contribution in [2.45, 2.75) is 141 Å². The first-order valence-electron chi connectivity index (χ1n) is 11.8. The average Bonchev–Trinajstić information content (AvgIpc) is 2.64. The van der Waals surface area contributed by atoms with Crippen molar-refractivity contribution in [2.24, 2.45) is 0 Å². The minimum atomic E-state index is -2.93. The molecule has 0 amide bonds. The molecule has 0 aromatic rings. The maximum absolute atomic E-state index is 10.3. The Bertz CT molecular complexity index is 341. The van der Waals surface area contributed by atoms with Crippen LogP contribution in [0.2, 0.25) is 0 Å². The Morgan fingerprint density at radius 1 is 0.655 bits per heavy atom. The van der Waals surface area contributed by atoms with Crippen molar-refractivity contribution in [3.05, 3.63) is 0 Å². The summed E-state index contributed by atoms with van der Waals surface area (Å²) in [7, 11) is 0. The van der Waals surface area contributed by atoms with Crippen LogP contribution in [0.1, 0.15) is 129 Å². The molecule has 0 aliphatic rings. The normalized spacial score (nSPS) is 12.3. The van der Waals surface area contributed by atoms with Gasteiger partial charge in [0.2, 0.25) is 0 Å². The second kappa shape index (κ2) is 22.0. The highest BCUT2D eigenvalue weighted by Gasteiger charge is 2.28. The predicted molar refractivity (Wildman–Crippen MR) is 117 cm³/mol. The molecule has 0 aromatic heterocycles. The summed E-state index contributed by atoms with van der Waals surface area (Å²) in [5.41, 5.74) is 0. The van der Waals surface area contributed by atoms with E-state index in [1.165, 1.54) is 83.5 Å². The fourth-order valence-corrected chi connectivity index (χ4v) is 3.11. The predicted octanol–water partition coefficient (Wildman–Crippen LogP) is 5.11. The van der Waals surface area contributed by atoms with Gasteiger partial charge in [-0.15, -0.1) is 0 Å². The lowest BCUT2D eigenvalue weighted by Gasteiger charge is -2.19. The molecule has 0 spiro atoms. The molecule has 176 valence electrons. The van der Waals surface area contributed by atoms with Gasteiger partial charge in [-0.25, -0.2) is 0 Å². The first-order chi connectivity index (χ1) is 13.8. The van der Waals surface area contributed by atoms with Gasteiger partial charge in [0.25, 0.3) is 0 Å². The van der Waals surface area contributed by atoms with Gasteiger partial charge in [0.1, 0.15) is 6.10 Å². The van der Waals surface area contributed by atoms with E-state index in [4.69, 9.17) is 25.5 Å². The van der Waals surface area contributed by atoms with Gasteiger partial charge in [-0.05, 0) is 12.8 Å². The first-order valence-corrected chi connectivity index (χ1v) is 11.8. The number of carboxylic acid groups (broad SMARTS) is 1. The standard InChI is InChI=1S/C18H36O2.C5H12O4/c1-2-3-4-5-6-7-8-9-10-11-12-13-14-15-16-17-18(19)20;1-2-3-4(6)5(7,8)9/h2-17H2,1H3,(H,19,20);4,6-9H,2-3H2,1H3. The van der Waals surface area contributed by atoms with Gasteiger partial charge in [-0.2, -0.15) is 0 Å². The summed E-state index contributed by atoms with van der Waals surface area (Å²) in [5, 5.41) is 42.0. The van der Waals surface area contributed by atoms with E-state index >= 15 is 0 Å². The summed E-state index contributed by atoms with van der Waals surface area (Å²) in [6.45, 7) is 4.03. The van der Waals surface area contributed by atoms with Crippen LogP contribution >= 0.6 is 0 Å². The van der Waals surface area contributed by atoms with Gasteiger partial charge in [0, 0.05) is 6.42 Å². The molecule has 5 N–H and O–H groups in total. The Morgan fingerprint density at radius 2 is 1.00 bits per heavy atom. The Balaban J connectivity index is 0. The van der Waals surface area contributed by atoms with Crippen LogP contribution in [0.15, 0.2) is 0 Å². The lowest BCUT2D eigenvalue weighted by Crippen LogP contribution is -2.41. The van der Waals surface area contributed by atoms with Gasteiger partial charge in [0.15, 0.2) is 0 Å². The molecule has 29 heavy (non-hydrogen) atoms. The third-order valence-corrected chi connectivity index (χ3v) is 5.00. The quantitative estimate of drug-likeness (QED) is 0.146. The van der Waals surface area contributed by atoms with Crippen molar-refractivity contribution in [1.29, 1.82) is 0 Å². The van der Waals surface area contributed by atoms with Crippen molar-refractivity contribution >= 4 is 5.97 Å². The monoisotopic (exact) mass is 420 g/mol. The molecule has 0 rings (SSSR count). The van der Waals surface area contributed by atoms with Crippen LogP contribution in [-0.4, -0.2) is 43.6 Å². The highest BCUT2D eigenvalue weighted by molar-refractivity contribution is 5.66. The van der Waals surface area contributed by atoms with Crippen LogP contribution in [-0.2, 0) is 4.79 Å².